The summed E-state index contributed by atoms with van der Waals surface area (Å²) in [6, 6.07) is 0. The lowest BCUT2D eigenvalue weighted by Crippen LogP contribution is -2.30. The van der Waals surface area contributed by atoms with Crippen molar-refractivity contribution in [3.8, 4) is 0 Å². The van der Waals surface area contributed by atoms with Gasteiger partial charge in [0.2, 0.25) is 0 Å². The van der Waals surface area contributed by atoms with Crippen molar-refractivity contribution in [3.63, 3.8) is 0 Å². The monoisotopic (exact) mass is 221 g/mol. The molecule has 0 aromatic heterocycles. The Morgan fingerprint density at radius 1 is 1.50 bits per heavy atom. The maximum Gasteiger partial charge on any atom is 0.251 e. The first kappa shape index (κ1) is 14.7. The molecule has 0 atom stereocenters. The Hall–Kier alpha value is -1.31. The minimum absolute atomic E-state index is 0.0268. The van der Waals surface area contributed by atoms with E-state index >= 15 is 0 Å². The Kier molecular flexibility index (Phi) is 7.27. The lowest BCUT2D eigenvalue weighted by Gasteiger charge is -2.16. The van der Waals surface area contributed by atoms with Crippen LogP contribution in [0.1, 0.15) is 40.5 Å². The molecule has 1 amide bonds. The van der Waals surface area contributed by atoms with Gasteiger partial charge in [-0.25, -0.2) is 0 Å². The minimum Gasteiger partial charge on any atom is -0.352 e. The number of allylic oxidation sites excluding steroid dienone is 2. The number of carbonyl (C=O) groups is 1. The molecule has 1 aliphatic rings. The van der Waals surface area contributed by atoms with Crippen LogP contribution in [0.25, 0.3) is 0 Å². The third kappa shape index (κ3) is 4.05. The van der Waals surface area contributed by atoms with Crippen LogP contribution in [0.4, 0.5) is 0 Å². The average Bonchev–Trinajstić information content (AvgIpc) is 2.34. The molecule has 0 spiro atoms. The summed E-state index contributed by atoms with van der Waals surface area (Å²) in [4.78, 5) is 11.6. The Labute approximate surface area is 99.1 Å². The van der Waals surface area contributed by atoms with Gasteiger partial charge in [0, 0.05) is 12.1 Å². The van der Waals surface area contributed by atoms with Crippen LogP contribution in [0.15, 0.2) is 35.5 Å². The van der Waals surface area contributed by atoms with Gasteiger partial charge in [0.15, 0.2) is 0 Å². The van der Waals surface area contributed by atoms with Gasteiger partial charge in [0.05, 0.1) is 0 Å². The van der Waals surface area contributed by atoms with E-state index in [0.29, 0.717) is 0 Å². The summed E-state index contributed by atoms with van der Waals surface area (Å²) in [7, 11) is 0. The summed E-state index contributed by atoms with van der Waals surface area (Å²) < 4.78 is 0. The molecule has 1 aliphatic heterocycles. The van der Waals surface area contributed by atoms with Gasteiger partial charge in [-0.1, -0.05) is 45.1 Å². The predicted octanol–water partition coefficient (Wildman–Crippen LogP) is 3.37. The molecule has 0 aliphatic carbocycles. The second-order valence-corrected chi connectivity index (χ2v) is 3.49. The van der Waals surface area contributed by atoms with Gasteiger partial charge in [-0.3, -0.25) is 4.79 Å². The normalized spacial score (nSPS) is 16.2. The van der Waals surface area contributed by atoms with E-state index in [2.05, 4.69) is 18.8 Å². The van der Waals surface area contributed by atoms with Crippen LogP contribution in [-0.4, -0.2) is 12.5 Å². The van der Waals surface area contributed by atoms with Gasteiger partial charge in [-0.2, -0.15) is 0 Å². The SMILES string of the molecule is C=CC1=C(/C=C(\C)CC)C(=O)NCC1.CC. The van der Waals surface area contributed by atoms with Gasteiger partial charge in [-0.15, -0.1) is 0 Å². The quantitative estimate of drug-likeness (QED) is 0.777. The number of hydrogen-bond donors (Lipinski definition) is 1. The average molecular weight is 221 g/mol. The van der Waals surface area contributed by atoms with E-state index in [9.17, 15) is 4.79 Å². The molecule has 16 heavy (non-hydrogen) atoms. The highest BCUT2D eigenvalue weighted by molar-refractivity contribution is 5.98. The number of rotatable bonds is 3. The molecular formula is C14H23NO. The van der Waals surface area contributed by atoms with E-state index < -0.39 is 0 Å². The first-order valence-electron chi connectivity index (χ1n) is 6.00. The van der Waals surface area contributed by atoms with Crippen LogP contribution < -0.4 is 5.32 Å². The summed E-state index contributed by atoms with van der Waals surface area (Å²) in [5.74, 6) is 0.0268. The molecule has 0 aromatic carbocycles. The molecule has 0 bridgehead atoms. The molecule has 0 unspecified atom stereocenters. The lowest BCUT2D eigenvalue weighted by atomic mass is 9.98. The molecule has 0 radical (unpaired) electrons. The molecule has 1 rings (SSSR count). The number of nitrogens with one attached hydrogen (secondary N) is 1. The highest BCUT2D eigenvalue weighted by Crippen LogP contribution is 2.17. The molecule has 2 nitrogen and oxygen atoms in total. The van der Waals surface area contributed by atoms with Crippen molar-refractivity contribution in [1.29, 1.82) is 0 Å². The van der Waals surface area contributed by atoms with E-state index in [1.54, 1.807) is 6.08 Å². The van der Waals surface area contributed by atoms with Gasteiger partial charge in [0.1, 0.15) is 0 Å². The van der Waals surface area contributed by atoms with Crippen molar-refractivity contribution in [2.45, 2.75) is 40.5 Å². The lowest BCUT2D eigenvalue weighted by molar-refractivity contribution is -0.117. The van der Waals surface area contributed by atoms with Crippen LogP contribution in [-0.2, 0) is 4.79 Å². The fraction of sp³-hybridized carbons (Fsp3) is 0.500. The first-order chi connectivity index (χ1) is 7.69. The van der Waals surface area contributed by atoms with Crippen LogP contribution >= 0.6 is 0 Å². The van der Waals surface area contributed by atoms with Crippen molar-refractivity contribution < 1.29 is 4.79 Å². The Bertz CT molecular complexity index is 311. The van der Waals surface area contributed by atoms with Crippen LogP contribution in [0, 0.1) is 0 Å². The molecule has 90 valence electrons. The molecule has 1 N–H and O–H groups in total. The second-order valence-electron chi connectivity index (χ2n) is 3.49. The first-order valence-corrected chi connectivity index (χ1v) is 6.00. The van der Waals surface area contributed by atoms with E-state index in [-0.39, 0.29) is 5.91 Å². The van der Waals surface area contributed by atoms with E-state index in [1.807, 2.05) is 26.8 Å². The zero-order valence-corrected chi connectivity index (χ0v) is 10.9. The Morgan fingerprint density at radius 2 is 2.12 bits per heavy atom. The van der Waals surface area contributed by atoms with E-state index in [1.165, 1.54) is 5.57 Å². The Balaban J connectivity index is 0.00000106. The van der Waals surface area contributed by atoms with E-state index in [0.717, 1.165) is 30.5 Å². The van der Waals surface area contributed by atoms with Crippen molar-refractivity contribution in [2.75, 3.05) is 6.54 Å². The molecular weight excluding hydrogens is 198 g/mol. The summed E-state index contributed by atoms with van der Waals surface area (Å²) in [6.45, 7) is 12.6. The molecule has 0 saturated heterocycles. The zero-order valence-electron chi connectivity index (χ0n) is 10.9. The highest BCUT2D eigenvalue weighted by Gasteiger charge is 2.15. The van der Waals surface area contributed by atoms with Gasteiger partial charge in [0.25, 0.3) is 5.91 Å². The predicted molar refractivity (Wildman–Crippen MR) is 70.2 cm³/mol. The van der Waals surface area contributed by atoms with Crippen molar-refractivity contribution >= 4 is 5.91 Å². The largest absolute Gasteiger partial charge is 0.352 e. The fourth-order valence-corrected chi connectivity index (χ4v) is 1.41. The van der Waals surface area contributed by atoms with Crippen LogP contribution in [0.2, 0.25) is 0 Å². The van der Waals surface area contributed by atoms with Crippen LogP contribution in [0.3, 0.4) is 0 Å². The van der Waals surface area contributed by atoms with Crippen molar-refractivity contribution in [3.05, 3.63) is 35.5 Å². The third-order valence-corrected chi connectivity index (χ3v) is 2.47. The highest BCUT2D eigenvalue weighted by atomic mass is 16.1. The van der Waals surface area contributed by atoms with Crippen molar-refractivity contribution in [1.82, 2.24) is 5.32 Å². The molecule has 0 saturated carbocycles. The molecule has 0 fully saturated rings. The van der Waals surface area contributed by atoms with Crippen LogP contribution in [0.5, 0.6) is 0 Å². The number of hydrogen-bond acceptors (Lipinski definition) is 1. The summed E-state index contributed by atoms with van der Waals surface area (Å²) in [5, 5.41) is 2.84. The van der Waals surface area contributed by atoms with Gasteiger partial charge >= 0.3 is 0 Å². The number of amides is 1. The summed E-state index contributed by atoms with van der Waals surface area (Å²) in [6.07, 6.45) is 5.61. The molecule has 1 heterocycles. The number of carbonyl (C=O) groups excluding carboxylic acids is 1. The topological polar surface area (TPSA) is 29.1 Å². The zero-order chi connectivity index (χ0) is 12.6. The maximum absolute atomic E-state index is 11.6. The summed E-state index contributed by atoms with van der Waals surface area (Å²) >= 11 is 0. The van der Waals surface area contributed by atoms with E-state index in [4.69, 9.17) is 0 Å². The smallest absolute Gasteiger partial charge is 0.251 e. The maximum atomic E-state index is 11.6. The Morgan fingerprint density at radius 3 is 2.62 bits per heavy atom. The third-order valence-electron chi connectivity index (χ3n) is 2.47. The fourth-order valence-electron chi connectivity index (χ4n) is 1.41. The standard InChI is InChI=1S/C12H17NO.C2H6/c1-4-9(3)8-11-10(5-2)6-7-13-12(11)14;1-2/h5,8H,2,4,6-7H2,1,3H3,(H,13,14);1-2H3/b9-8+;. The van der Waals surface area contributed by atoms with Crippen molar-refractivity contribution in [2.24, 2.45) is 0 Å². The summed E-state index contributed by atoms with van der Waals surface area (Å²) in [5.41, 5.74) is 3.06. The molecule has 2 heteroatoms. The van der Waals surface area contributed by atoms with Gasteiger partial charge in [-0.05, 0) is 25.3 Å². The molecule has 0 aromatic rings. The minimum atomic E-state index is 0.0268. The second kappa shape index (κ2) is 7.91. The van der Waals surface area contributed by atoms with Gasteiger partial charge < -0.3 is 5.32 Å².